The molecule has 0 bridgehead atoms. The van der Waals surface area contributed by atoms with E-state index in [1.165, 1.54) is 0 Å². The van der Waals surface area contributed by atoms with E-state index in [1.807, 2.05) is 12.3 Å². The van der Waals surface area contributed by atoms with E-state index < -0.39 is 6.09 Å². The van der Waals surface area contributed by atoms with Crippen LogP contribution in [0.4, 0.5) is 10.6 Å². The molecule has 14 heteroatoms. The highest BCUT2D eigenvalue weighted by Crippen LogP contribution is 2.64. The average Bonchev–Trinajstić information content (AvgIpc) is 3.58. The zero-order chi connectivity index (χ0) is 26.0. The van der Waals surface area contributed by atoms with Crippen LogP contribution in [-0.2, 0) is 5.41 Å². The Morgan fingerprint density at radius 3 is 2.84 bits per heavy atom. The third-order valence-electron chi connectivity index (χ3n) is 7.51. The summed E-state index contributed by atoms with van der Waals surface area (Å²) in [6.45, 7) is 3.81. The molecule has 192 valence electrons. The van der Waals surface area contributed by atoms with Gasteiger partial charge in [0.1, 0.15) is 22.0 Å². The molecule has 6 heterocycles. The SMILES string of the molecule is Cc1csc([C@]2(CNC(=O)O)[C@@H]3CN(c4cnc5c(-c6ccnc(-n7cccn7)c6Cl)n[nH]c5n4)C[C@@H]32)n1. The van der Waals surface area contributed by atoms with Crippen molar-refractivity contribution in [3.8, 4) is 17.1 Å². The van der Waals surface area contributed by atoms with Crippen LogP contribution in [0, 0.1) is 18.8 Å². The monoisotopic (exact) mass is 548 g/mol. The Labute approximate surface area is 224 Å². The maximum Gasteiger partial charge on any atom is 0.404 e. The number of aromatic nitrogens is 8. The van der Waals surface area contributed by atoms with Gasteiger partial charge in [-0.1, -0.05) is 11.6 Å². The molecule has 1 aliphatic heterocycles. The third kappa shape index (κ3) is 3.45. The van der Waals surface area contributed by atoms with Gasteiger partial charge in [0.15, 0.2) is 11.5 Å². The summed E-state index contributed by atoms with van der Waals surface area (Å²) in [5.41, 5.74) is 3.12. The second-order valence-corrected chi connectivity index (χ2v) is 10.8. The van der Waals surface area contributed by atoms with Crippen LogP contribution in [0.25, 0.3) is 28.2 Å². The lowest BCUT2D eigenvalue weighted by Gasteiger charge is -2.26. The first-order chi connectivity index (χ1) is 18.5. The summed E-state index contributed by atoms with van der Waals surface area (Å²) in [4.78, 5) is 32.0. The van der Waals surface area contributed by atoms with E-state index in [-0.39, 0.29) is 17.3 Å². The van der Waals surface area contributed by atoms with Crippen molar-refractivity contribution >= 4 is 46.0 Å². The lowest BCUT2D eigenvalue weighted by molar-refractivity contribution is 0.192. The normalized spacial score (nSPS) is 22.1. The molecule has 3 N–H and O–H groups in total. The standard InChI is InChI=1S/C24H21ClN10O2S/c1-12-10-38-22(30-12)24(11-28-23(36)37)14-8-34(9-15(14)24)16-7-27-19-18(32-33-20(19)31-16)13-3-5-26-21(17(13)25)35-6-2-4-29-35/h2-7,10,14-15,28H,8-9,11H2,1H3,(H,36,37)(H,31,32,33)/t14-,15+,24-. The van der Waals surface area contributed by atoms with Crippen LogP contribution in [-0.4, -0.2) is 70.7 Å². The number of H-pyrrole nitrogens is 1. The Kier molecular flexibility index (Phi) is 5.13. The maximum absolute atomic E-state index is 11.3. The molecule has 5 aromatic rings. The minimum absolute atomic E-state index is 0.267. The number of pyridine rings is 1. The first kappa shape index (κ1) is 23.0. The van der Waals surface area contributed by atoms with Crippen LogP contribution < -0.4 is 10.2 Å². The molecule has 7 rings (SSSR count). The smallest absolute Gasteiger partial charge is 0.404 e. The number of hydrogen-bond acceptors (Lipinski definition) is 9. The molecular formula is C24H21ClN10O2S. The van der Waals surface area contributed by atoms with E-state index in [0.29, 0.717) is 39.8 Å². The highest BCUT2D eigenvalue weighted by Gasteiger charge is 2.70. The van der Waals surface area contributed by atoms with Gasteiger partial charge in [-0.3, -0.25) is 5.10 Å². The number of carbonyl (C=O) groups is 1. The van der Waals surface area contributed by atoms with E-state index in [1.54, 1.807) is 52.9 Å². The fraction of sp³-hybridized carbons (Fsp3) is 0.292. The molecule has 2 fully saturated rings. The molecule has 2 aliphatic rings. The number of piperidine rings is 1. The summed E-state index contributed by atoms with van der Waals surface area (Å²) in [5.74, 6) is 1.81. The van der Waals surface area contributed by atoms with Crippen molar-refractivity contribution in [3.63, 3.8) is 0 Å². The molecule has 38 heavy (non-hydrogen) atoms. The minimum atomic E-state index is -1.02. The minimum Gasteiger partial charge on any atom is -0.465 e. The fourth-order valence-electron chi connectivity index (χ4n) is 5.67. The zero-order valence-corrected chi connectivity index (χ0v) is 21.6. The number of carboxylic acid groups (broad SMARTS) is 1. The van der Waals surface area contributed by atoms with Crippen LogP contribution in [0.2, 0.25) is 5.02 Å². The van der Waals surface area contributed by atoms with Gasteiger partial charge in [-0.15, -0.1) is 11.3 Å². The number of fused-ring (bicyclic) bond motifs is 2. The summed E-state index contributed by atoms with van der Waals surface area (Å²) < 4.78 is 1.60. The quantitative estimate of drug-likeness (QED) is 0.290. The van der Waals surface area contributed by atoms with Crippen molar-refractivity contribution < 1.29 is 9.90 Å². The number of amides is 1. The van der Waals surface area contributed by atoms with Crippen LogP contribution in [0.5, 0.6) is 0 Å². The van der Waals surface area contributed by atoms with E-state index in [0.717, 1.165) is 29.6 Å². The van der Waals surface area contributed by atoms with Gasteiger partial charge in [0.25, 0.3) is 0 Å². The zero-order valence-electron chi connectivity index (χ0n) is 20.0. The van der Waals surface area contributed by atoms with Crippen molar-refractivity contribution in [3.05, 3.63) is 58.0 Å². The molecular weight excluding hydrogens is 528 g/mol. The topological polar surface area (TPSA) is 151 Å². The van der Waals surface area contributed by atoms with Crippen molar-refractivity contribution in [1.29, 1.82) is 0 Å². The van der Waals surface area contributed by atoms with Crippen molar-refractivity contribution in [2.75, 3.05) is 24.5 Å². The third-order valence-corrected chi connectivity index (χ3v) is 9.04. The summed E-state index contributed by atoms with van der Waals surface area (Å²) in [5, 5.41) is 27.0. The highest BCUT2D eigenvalue weighted by molar-refractivity contribution is 7.09. The van der Waals surface area contributed by atoms with E-state index in [9.17, 15) is 9.90 Å². The molecule has 0 unspecified atom stereocenters. The van der Waals surface area contributed by atoms with Crippen LogP contribution >= 0.6 is 22.9 Å². The van der Waals surface area contributed by atoms with Crippen molar-refractivity contribution in [2.45, 2.75) is 12.3 Å². The number of aromatic amines is 1. The number of hydrogen-bond donors (Lipinski definition) is 3. The van der Waals surface area contributed by atoms with Crippen LogP contribution in [0.1, 0.15) is 10.7 Å². The molecule has 1 saturated heterocycles. The lowest BCUT2D eigenvalue weighted by atomic mass is 10.0. The number of anilines is 1. The Hall–Kier alpha value is -4.10. The number of aryl methyl sites for hydroxylation is 1. The van der Waals surface area contributed by atoms with Gasteiger partial charge in [0.2, 0.25) is 0 Å². The Balaban J connectivity index is 1.15. The molecule has 3 atom stereocenters. The highest BCUT2D eigenvalue weighted by atomic mass is 35.5. The largest absolute Gasteiger partial charge is 0.465 e. The molecule has 0 aromatic carbocycles. The van der Waals surface area contributed by atoms with Gasteiger partial charge in [0.05, 0.1) is 11.2 Å². The lowest BCUT2D eigenvalue weighted by Crippen LogP contribution is -2.39. The Morgan fingerprint density at radius 1 is 1.29 bits per heavy atom. The number of nitrogens with one attached hydrogen (secondary N) is 2. The molecule has 0 spiro atoms. The molecule has 1 aliphatic carbocycles. The van der Waals surface area contributed by atoms with Crippen molar-refractivity contribution in [2.24, 2.45) is 11.8 Å². The second kappa shape index (κ2) is 8.46. The number of nitrogens with zero attached hydrogens (tertiary/aromatic N) is 8. The predicted octanol–water partition coefficient (Wildman–Crippen LogP) is 3.29. The second-order valence-electron chi connectivity index (χ2n) is 9.56. The van der Waals surface area contributed by atoms with Gasteiger partial charge in [-0.05, 0) is 30.9 Å². The predicted molar refractivity (Wildman–Crippen MR) is 141 cm³/mol. The van der Waals surface area contributed by atoms with Crippen molar-refractivity contribution in [1.82, 2.24) is 45.2 Å². The number of halogens is 1. The molecule has 1 amide bonds. The van der Waals surface area contributed by atoms with Crippen LogP contribution in [0.3, 0.4) is 0 Å². The molecule has 5 aromatic heterocycles. The summed E-state index contributed by atoms with van der Waals surface area (Å²) >= 11 is 8.30. The van der Waals surface area contributed by atoms with E-state index in [4.69, 9.17) is 26.6 Å². The van der Waals surface area contributed by atoms with Gasteiger partial charge in [-0.25, -0.2) is 29.4 Å². The first-order valence-electron chi connectivity index (χ1n) is 12.0. The fourth-order valence-corrected chi connectivity index (χ4v) is 7.08. The first-order valence-corrected chi connectivity index (χ1v) is 13.2. The van der Waals surface area contributed by atoms with Gasteiger partial charge < -0.3 is 15.3 Å². The molecule has 0 radical (unpaired) electrons. The molecule has 1 saturated carbocycles. The van der Waals surface area contributed by atoms with Crippen LogP contribution in [0.15, 0.2) is 42.3 Å². The Morgan fingerprint density at radius 2 is 2.13 bits per heavy atom. The summed E-state index contributed by atoms with van der Waals surface area (Å²) in [7, 11) is 0. The van der Waals surface area contributed by atoms with E-state index in [2.05, 4.69) is 30.5 Å². The number of thiazole rings is 1. The Bertz CT molecular complexity index is 1670. The van der Waals surface area contributed by atoms with Gasteiger partial charge >= 0.3 is 6.09 Å². The summed E-state index contributed by atoms with van der Waals surface area (Å²) in [6.07, 6.45) is 5.83. The van der Waals surface area contributed by atoms with Gasteiger partial charge in [0, 0.05) is 60.3 Å². The maximum atomic E-state index is 11.3. The van der Waals surface area contributed by atoms with Gasteiger partial charge in [-0.2, -0.15) is 10.2 Å². The molecule has 12 nitrogen and oxygen atoms in total. The average molecular weight is 549 g/mol. The van der Waals surface area contributed by atoms with E-state index >= 15 is 0 Å². The summed E-state index contributed by atoms with van der Waals surface area (Å²) in [6, 6.07) is 3.59. The number of rotatable bonds is 6.